The van der Waals surface area contributed by atoms with Crippen molar-refractivity contribution < 1.29 is 9.59 Å². The average molecular weight is 325 g/mol. The third-order valence-corrected chi connectivity index (χ3v) is 3.80. The van der Waals surface area contributed by atoms with E-state index in [1.807, 2.05) is 49.4 Å². The smallest absolute Gasteiger partial charge is 0.245 e. The lowest BCUT2D eigenvalue weighted by Gasteiger charge is -2.26. The number of carbonyl (C=O) groups is 2. The molecule has 0 saturated heterocycles. The van der Waals surface area contributed by atoms with E-state index in [0.29, 0.717) is 13.1 Å². The van der Waals surface area contributed by atoms with Gasteiger partial charge in [-0.25, -0.2) is 0 Å². The summed E-state index contributed by atoms with van der Waals surface area (Å²) in [7, 11) is 0. The van der Waals surface area contributed by atoms with Crippen molar-refractivity contribution in [3.63, 3.8) is 0 Å². The minimum atomic E-state index is -0.574. The molecule has 0 bridgehead atoms. The van der Waals surface area contributed by atoms with Crippen LogP contribution in [0.3, 0.4) is 0 Å². The molecule has 2 amide bonds. The maximum atomic E-state index is 12.8. The second-order valence-corrected chi connectivity index (χ2v) is 5.86. The quantitative estimate of drug-likeness (QED) is 0.887. The zero-order chi connectivity index (χ0) is 17.5. The number of nitrogens with one attached hydrogen (secondary N) is 1. The van der Waals surface area contributed by atoms with Crippen molar-refractivity contribution in [3.05, 3.63) is 65.5 Å². The minimum absolute atomic E-state index is 0.126. The number of amides is 2. The fourth-order valence-electron chi connectivity index (χ4n) is 2.53. The summed E-state index contributed by atoms with van der Waals surface area (Å²) in [5, 5.41) is 2.66. The Kier molecular flexibility index (Phi) is 6.07. The Bertz CT molecular complexity index is 701. The number of rotatable bonds is 6. The molecule has 24 heavy (non-hydrogen) atoms. The molecule has 2 aromatic rings. The highest BCUT2D eigenvalue weighted by molar-refractivity contribution is 5.86. The van der Waals surface area contributed by atoms with E-state index in [-0.39, 0.29) is 11.8 Å². The van der Waals surface area contributed by atoms with Crippen molar-refractivity contribution in [1.82, 2.24) is 15.2 Å². The van der Waals surface area contributed by atoms with Gasteiger partial charge in [0.15, 0.2) is 0 Å². The van der Waals surface area contributed by atoms with Gasteiger partial charge in [-0.1, -0.05) is 30.3 Å². The summed E-state index contributed by atoms with van der Waals surface area (Å²) in [5.41, 5.74) is 3.02. The summed E-state index contributed by atoms with van der Waals surface area (Å²) in [6.07, 6.45) is 1.71. The number of pyridine rings is 1. The Morgan fingerprint density at radius 2 is 1.83 bits per heavy atom. The van der Waals surface area contributed by atoms with E-state index in [4.69, 9.17) is 0 Å². The summed E-state index contributed by atoms with van der Waals surface area (Å²) >= 11 is 0. The van der Waals surface area contributed by atoms with Crippen LogP contribution in [0.5, 0.6) is 0 Å². The van der Waals surface area contributed by atoms with Crippen molar-refractivity contribution in [2.75, 3.05) is 0 Å². The first kappa shape index (κ1) is 17.7. The Balaban J connectivity index is 2.22. The Morgan fingerprint density at radius 3 is 2.46 bits per heavy atom. The van der Waals surface area contributed by atoms with Crippen LogP contribution in [0, 0.1) is 6.92 Å². The van der Waals surface area contributed by atoms with Gasteiger partial charge >= 0.3 is 0 Å². The van der Waals surface area contributed by atoms with E-state index in [1.54, 1.807) is 18.0 Å². The average Bonchev–Trinajstić information content (AvgIpc) is 2.56. The second kappa shape index (κ2) is 8.24. The Labute approximate surface area is 142 Å². The molecule has 5 heteroatoms. The van der Waals surface area contributed by atoms with E-state index in [1.165, 1.54) is 6.92 Å². The number of hydrogen-bond donors (Lipinski definition) is 1. The van der Waals surface area contributed by atoms with E-state index in [0.717, 1.165) is 16.8 Å². The number of hydrogen-bond acceptors (Lipinski definition) is 3. The third kappa shape index (κ3) is 4.91. The molecule has 0 spiro atoms. The van der Waals surface area contributed by atoms with Crippen LogP contribution in [0.4, 0.5) is 0 Å². The van der Waals surface area contributed by atoms with Gasteiger partial charge in [0.05, 0.1) is 12.2 Å². The fraction of sp³-hybridized carbons (Fsp3) is 0.316. The number of nitrogens with zero attached hydrogens (tertiary/aromatic N) is 2. The lowest BCUT2D eigenvalue weighted by Crippen LogP contribution is -2.45. The van der Waals surface area contributed by atoms with Gasteiger partial charge in [0.2, 0.25) is 11.8 Å². The van der Waals surface area contributed by atoms with Crippen LogP contribution in [0.15, 0.2) is 48.7 Å². The van der Waals surface area contributed by atoms with Crippen LogP contribution in [-0.4, -0.2) is 27.7 Å². The molecule has 0 aliphatic heterocycles. The lowest BCUT2D eigenvalue weighted by molar-refractivity contribution is -0.136. The van der Waals surface area contributed by atoms with Crippen LogP contribution in [-0.2, 0) is 22.7 Å². The molecule has 0 fully saturated rings. The molecule has 2 rings (SSSR count). The molecule has 1 N–H and O–H groups in total. The van der Waals surface area contributed by atoms with E-state index >= 15 is 0 Å². The lowest BCUT2D eigenvalue weighted by atomic mass is 10.1. The number of benzene rings is 1. The minimum Gasteiger partial charge on any atom is -0.345 e. The first-order valence-corrected chi connectivity index (χ1v) is 7.97. The molecule has 5 nitrogen and oxygen atoms in total. The maximum Gasteiger partial charge on any atom is 0.245 e. The van der Waals surface area contributed by atoms with Crippen molar-refractivity contribution in [1.29, 1.82) is 0 Å². The largest absolute Gasteiger partial charge is 0.345 e. The fourth-order valence-corrected chi connectivity index (χ4v) is 2.53. The third-order valence-electron chi connectivity index (χ3n) is 3.80. The first-order valence-electron chi connectivity index (χ1n) is 7.97. The number of aryl methyl sites for hydroxylation is 1. The Morgan fingerprint density at radius 1 is 1.12 bits per heavy atom. The van der Waals surface area contributed by atoms with E-state index in [9.17, 15) is 9.59 Å². The summed E-state index contributed by atoms with van der Waals surface area (Å²) < 4.78 is 0. The van der Waals surface area contributed by atoms with Crippen molar-refractivity contribution >= 4 is 11.8 Å². The van der Waals surface area contributed by atoms with Gasteiger partial charge in [-0.2, -0.15) is 0 Å². The molecule has 126 valence electrons. The summed E-state index contributed by atoms with van der Waals surface area (Å²) in [6.45, 7) is 6.02. The van der Waals surface area contributed by atoms with Crippen molar-refractivity contribution in [2.45, 2.75) is 39.9 Å². The highest BCUT2D eigenvalue weighted by Crippen LogP contribution is 2.14. The summed E-state index contributed by atoms with van der Waals surface area (Å²) in [5.74, 6) is -0.344. The molecule has 1 heterocycles. The topological polar surface area (TPSA) is 62.3 Å². The molecule has 0 unspecified atom stereocenters. The zero-order valence-electron chi connectivity index (χ0n) is 14.3. The molecule has 1 atom stereocenters. The van der Waals surface area contributed by atoms with Crippen LogP contribution in [0.1, 0.15) is 30.7 Å². The van der Waals surface area contributed by atoms with Gasteiger partial charge in [-0.05, 0) is 37.1 Å². The molecule has 0 aliphatic rings. The molecule has 0 saturated carbocycles. The standard InChI is InChI=1S/C19H23N3O2/c1-14-8-4-5-9-17(14)12-22(13-18-10-6-7-11-20-18)19(24)15(2)21-16(3)23/h4-11,15H,12-13H2,1-3H3,(H,21,23)/t15-/m0/s1. The van der Waals surface area contributed by atoms with Gasteiger partial charge in [0, 0.05) is 19.7 Å². The second-order valence-electron chi connectivity index (χ2n) is 5.86. The van der Waals surface area contributed by atoms with Crippen LogP contribution >= 0.6 is 0 Å². The molecule has 1 aromatic heterocycles. The Hall–Kier alpha value is -2.69. The van der Waals surface area contributed by atoms with Crippen LogP contribution < -0.4 is 5.32 Å². The molecule has 1 aromatic carbocycles. The summed E-state index contributed by atoms with van der Waals surface area (Å²) in [6, 6.07) is 13.0. The van der Waals surface area contributed by atoms with Gasteiger partial charge in [0.25, 0.3) is 0 Å². The molecule has 0 radical (unpaired) electrons. The van der Waals surface area contributed by atoms with Gasteiger partial charge in [-0.3, -0.25) is 14.6 Å². The number of carbonyl (C=O) groups excluding carboxylic acids is 2. The molecular formula is C19H23N3O2. The predicted molar refractivity (Wildman–Crippen MR) is 92.9 cm³/mol. The maximum absolute atomic E-state index is 12.8. The van der Waals surface area contributed by atoms with E-state index < -0.39 is 6.04 Å². The van der Waals surface area contributed by atoms with Crippen molar-refractivity contribution in [3.8, 4) is 0 Å². The van der Waals surface area contributed by atoms with Gasteiger partial charge in [-0.15, -0.1) is 0 Å². The van der Waals surface area contributed by atoms with Crippen molar-refractivity contribution in [2.24, 2.45) is 0 Å². The molecule has 0 aliphatic carbocycles. The number of aromatic nitrogens is 1. The van der Waals surface area contributed by atoms with E-state index in [2.05, 4.69) is 10.3 Å². The first-order chi connectivity index (χ1) is 11.5. The predicted octanol–water partition coefficient (Wildman–Crippen LogP) is 2.44. The van der Waals surface area contributed by atoms with Crippen LogP contribution in [0.2, 0.25) is 0 Å². The van der Waals surface area contributed by atoms with Gasteiger partial charge < -0.3 is 10.2 Å². The SMILES string of the molecule is CC(=O)N[C@@H](C)C(=O)N(Cc1ccccn1)Cc1ccccc1C. The normalized spacial score (nSPS) is 11.6. The van der Waals surface area contributed by atoms with Crippen LogP contribution in [0.25, 0.3) is 0 Å². The monoisotopic (exact) mass is 325 g/mol. The van der Waals surface area contributed by atoms with Gasteiger partial charge in [0.1, 0.15) is 6.04 Å². The zero-order valence-corrected chi connectivity index (χ0v) is 14.3. The summed E-state index contributed by atoms with van der Waals surface area (Å²) in [4.78, 5) is 30.1. The highest BCUT2D eigenvalue weighted by Gasteiger charge is 2.22. The highest BCUT2D eigenvalue weighted by atomic mass is 16.2. The molecular weight excluding hydrogens is 302 g/mol.